The Hall–Kier alpha value is -1.09. The maximum absolute atomic E-state index is 5.40. The minimum atomic E-state index is 0.107. The highest BCUT2D eigenvalue weighted by atomic mass is 32.1. The maximum atomic E-state index is 5.40. The number of benzene rings is 1. The molecular formula is C14H20N2S. The normalized spacial score (nSPS) is 20.5. The van der Waals surface area contributed by atoms with Crippen LogP contribution in [0, 0.1) is 0 Å². The molecule has 1 aliphatic rings. The Bertz CT molecular complexity index is 394. The first-order valence-corrected chi connectivity index (χ1v) is 6.50. The molecule has 2 nitrogen and oxygen atoms in total. The van der Waals surface area contributed by atoms with Gasteiger partial charge >= 0.3 is 0 Å². The zero-order chi connectivity index (χ0) is 12.5. The number of hydrogen-bond donors (Lipinski definition) is 1. The Kier molecular flexibility index (Phi) is 3.38. The van der Waals surface area contributed by atoms with Crippen molar-refractivity contribution in [2.45, 2.75) is 38.8 Å². The lowest BCUT2D eigenvalue weighted by Gasteiger charge is -2.32. The highest BCUT2D eigenvalue weighted by molar-refractivity contribution is 7.80. The molecule has 1 N–H and O–H groups in total. The lowest BCUT2D eigenvalue weighted by molar-refractivity contribution is 0.252. The maximum Gasteiger partial charge on any atom is 0.169 e. The second-order valence-corrected chi connectivity index (χ2v) is 6.00. The molecule has 0 radical (unpaired) electrons. The van der Waals surface area contributed by atoms with Crippen molar-refractivity contribution < 1.29 is 0 Å². The van der Waals surface area contributed by atoms with Crippen LogP contribution in [0.15, 0.2) is 30.3 Å². The van der Waals surface area contributed by atoms with E-state index in [1.54, 1.807) is 0 Å². The highest BCUT2D eigenvalue weighted by Gasteiger charge is 2.32. The third-order valence-electron chi connectivity index (χ3n) is 3.11. The molecule has 0 bridgehead atoms. The number of nitrogens with one attached hydrogen (secondary N) is 1. The van der Waals surface area contributed by atoms with E-state index in [4.69, 9.17) is 12.2 Å². The summed E-state index contributed by atoms with van der Waals surface area (Å²) in [6, 6.07) is 11.0. The highest BCUT2D eigenvalue weighted by Crippen LogP contribution is 2.20. The van der Waals surface area contributed by atoms with Crippen LogP contribution >= 0.6 is 12.2 Å². The van der Waals surface area contributed by atoms with Gasteiger partial charge < -0.3 is 10.2 Å². The van der Waals surface area contributed by atoms with Crippen LogP contribution in [-0.2, 0) is 6.42 Å². The van der Waals surface area contributed by atoms with Gasteiger partial charge in [0.15, 0.2) is 5.11 Å². The minimum Gasteiger partial charge on any atom is -0.358 e. The molecule has 2 rings (SSSR count). The number of nitrogens with zero attached hydrogens (tertiary/aromatic N) is 1. The van der Waals surface area contributed by atoms with Crippen LogP contribution in [0.25, 0.3) is 0 Å². The lowest BCUT2D eigenvalue weighted by Crippen LogP contribution is -2.43. The van der Waals surface area contributed by atoms with Gasteiger partial charge in [0.1, 0.15) is 0 Å². The average molecular weight is 248 g/mol. The summed E-state index contributed by atoms with van der Waals surface area (Å²) in [4.78, 5) is 2.27. The van der Waals surface area contributed by atoms with Gasteiger partial charge in [-0.3, -0.25) is 0 Å². The quantitative estimate of drug-likeness (QED) is 0.810. The Balaban J connectivity index is 2.01. The fourth-order valence-corrected chi connectivity index (χ4v) is 2.71. The molecule has 0 aromatic heterocycles. The van der Waals surface area contributed by atoms with E-state index in [9.17, 15) is 0 Å². The van der Waals surface area contributed by atoms with E-state index in [0.717, 1.165) is 18.1 Å². The number of hydrogen-bond acceptors (Lipinski definition) is 1. The van der Waals surface area contributed by atoms with Crippen LogP contribution in [0.3, 0.4) is 0 Å². The van der Waals surface area contributed by atoms with Gasteiger partial charge in [0.05, 0.1) is 0 Å². The zero-order valence-corrected chi connectivity index (χ0v) is 11.6. The smallest absolute Gasteiger partial charge is 0.169 e. The molecule has 0 aliphatic carbocycles. The van der Waals surface area contributed by atoms with Crippen LogP contribution in [0.5, 0.6) is 0 Å². The molecule has 17 heavy (non-hydrogen) atoms. The summed E-state index contributed by atoms with van der Waals surface area (Å²) in [6.45, 7) is 7.60. The van der Waals surface area contributed by atoms with Crippen molar-refractivity contribution in [1.82, 2.24) is 10.2 Å². The van der Waals surface area contributed by atoms with E-state index in [-0.39, 0.29) is 5.54 Å². The molecule has 1 heterocycles. The van der Waals surface area contributed by atoms with Crippen molar-refractivity contribution in [1.29, 1.82) is 0 Å². The van der Waals surface area contributed by atoms with Gasteiger partial charge in [0.25, 0.3) is 0 Å². The lowest BCUT2D eigenvalue weighted by atomic mass is 10.0. The molecule has 3 heteroatoms. The van der Waals surface area contributed by atoms with Crippen molar-refractivity contribution in [3.63, 3.8) is 0 Å². The Labute approximate surface area is 109 Å². The van der Waals surface area contributed by atoms with Crippen LogP contribution in [-0.4, -0.2) is 28.1 Å². The fourth-order valence-electron chi connectivity index (χ4n) is 2.19. The first-order valence-electron chi connectivity index (χ1n) is 6.09. The first kappa shape index (κ1) is 12.4. The molecule has 1 aromatic rings. The molecular weight excluding hydrogens is 228 g/mol. The summed E-state index contributed by atoms with van der Waals surface area (Å²) in [5.41, 5.74) is 1.47. The van der Waals surface area contributed by atoms with Crippen LogP contribution in [0.2, 0.25) is 0 Å². The van der Waals surface area contributed by atoms with Crippen molar-refractivity contribution in [2.75, 3.05) is 6.54 Å². The predicted molar refractivity (Wildman–Crippen MR) is 76.1 cm³/mol. The molecule has 1 unspecified atom stereocenters. The average Bonchev–Trinajstić information content (AvgIpc) is 2.60. The van der Waals surface area contributed by atoms with Gasteiger partial charge in [0.2, 0.25) is 0 Å². The van der Waals surface area contributed by atoms with Crippen molar-refractivity contribution in [2.24, 2.45) is 0 Å². The summed E-state index contributed by atoms with van der Waals surface area (Å²) in [6.07, 6.45) is 1.04. The van der Waals surface area contributed by atoms with E-state index in [2.05, 4.69) is 61.3 Å². The molecule has 0 saturated carbocycles. The summed E-state index contributed by atoms with van der Waals surface area (Å²) >= 11 is 5.40. The Morgan fingerprint density at radius 1 is 1.29 bits per heavy atom. The molecule has 0 amide bonds. The SMILES string of the molecule is CC(C)(C)N1CC(Cc2ccccc2)NC1=S. The third kappa shape index (κ3) is 2.97. The monoisotopic (exact) mass is 248 g/mol. The fraction of sp³-hybridized carbons (Fsp3) is 0.500. The second kappa shape index (κ2) is 4.65. The van der Waals surface area contributed by atoms with Gasteiger partial charge in [-0.1, -0.05) is 30.3 Å². The van der Waals surface area contributed by atoms with Gasteiger partial charge in [-0.05, 0) is 45.0 Å². The van der Waals surface area contributed by atoms with Gasteiger partial charge in [-0.25, -0.2) is 0 Å². The number of rotatable bonds is 2. The Morgan fingerprint density at radius 2 is 1.94 bits per heavy atom. The molecule has 1 aromatic carbocycles. The summed E-state index contributed by atoms with van der Waals surface area (Å²) in [5, 5.41) is 4.30. The minimum absolute atomic E-state index is 0.107. The van der Waals surface area contributed by atoms with E-state index in [1.807, 2.05) is 0 Å². The van der Waals surface area contributed by atoms with Crippen molar-refractivity contribution >= 4 is 17.3 Å². The zero-order valence-electron chi connectivity index (χ0n) is 10.7. The largest absolute Gasteiger partial charge is 0.358 e. The molecule has 92 valence electrons. The second-order valence-electron chi connectivity index (χ2n) is 5.62. The Morgan fingerprint density at radius 3 is 2.47 bits per heavy atom. The topological polar surface area (TPSA) is 15.3 Å². The van der Waals surface area contributed by atoms with E-state index < -0.39 is 0 Å². The standard InChI is InChI=1S/C14H20N2S/c1-14(2,3)16-10-12(15-13(16)17)9-11-7-5-4-6-8-11/h4-8,12H,9-10H2,1-3H3,(H,15,17). The van der Waals surface area contributed by atoms with Crippen LogP contribution in [0.1, 0.15) is 26.3 Å². The molecule has 1 fully saturated rings. The predicted octanol–water partition coefficient (Wildman–Crippen LogP) is 2.59. The van der Waals surface area contributed by atoms with E-state index in [1.165, 1.54) is 5.56 Å². The first-order chi connectivity index (χ1) is 7.97. The van der Waals surface area contributed by atoms with Crippen LogP contribution in [0.4, 0.5) is 0 Å². The van der Waals surface area contributed by atoms with E-state index >= 15 is 0 Å². The molecule has 0 spiro atoms. The van der Waals surface area contributed by atoms with Crippen molar-refractivity contribution in [3.8, 4) is 0 Å². The molecule has 1 atom stereocenters. The van der Waals surface area contributed by atoms with Gasteiger partial charge in [-0.15, -0.1) is 0 Å². The summed E-state index contributed by atoms with van der Waals surface area (Å²) < 4.78 is 0. The van der Waals surface area contributed by atoms with Crippen molar-refractivity contribution in [3.05, 3.63) is 35.9 Å². The molecule has 1 aliphatic heterocycles. The van der Waals surface area contributed by atoms with E-state index in [0.29, 0.717) is 6.04 Å². The summed E-state index contributed by atoms with van der Waals surface area (Å²) in [7, 11) is 0. The summed E-state index contributed by atoms with van der Waals surface area (Å²) in [5.74, 6) is 0. The van der Waals surface area contributed by atoms with Gasteiger partial charge in [0, 0.05) is 18.1 Å². The number of thiocarbonyl (C=S) groups is 1. The van der Waals surface area contributed by atoms with Crippen LogP contribution < -0.4 is 5.32 Å². The third-order valence-corrected chi connectivity index (χ3v) is 3.45. The van der Waals surface area contributed by atoms with Gasteiger partial charge in [-0.2, -0.15) is 0 Å². The molecule has 1 saturated heterocycles.